The fraction of sp³-hybridized carbons (Fsp3) is 0.333. The maximum Gasteiger partial charge on any atom is 0.254 e. The summed E-state index contributed by atoms with van der Waals surface area (Å²) in [6, 6.07) is 7.96. The van der Waals surface area contributed by atoms with Crippen molar-refractivity contribution in [3.05, 3.63) is 47.3 Å². The topological polar surface area (TPSA) is 72.9 Å². The van der Waals surface area contributed by atoms with Crippen molar-refractivity contribution in [3.8, 4) is 5.69 Å². The number of nitrogens with zero attached hydrogens (tertiary/aromatic N) is 2. The van der Waals surface area contributed by atoms with Crippen LogP contribution in [0.2, 0.25) is 0 Å². The lowest BCUT2D eigenvalue weighted by Gasteiger charge is -2.08. The van der Waals surface area contributed by atoms with Crippen molar-refractivity contribution in [3.63, 3.8) is 0 Å². The number of hydrogen-bond acceptors (Lipinski definition) is 3. The molecule has 1 heterocycles. The minimum atomic E-state index is -0.101. The molecule has 0 radical (unpaired) electrons. The van der Waals surface area contributed by atoms with E-state index < -0.39 is 0 Å². The summed E-state index contributed by atoms with van der Waals surface area (Å²) >= 11 is 0. The minimum absolute atomic E-state index is 0. The van der Waals surface area contributed by atoms with Gasteiger partial charge in [0.2, 0.25) is 0 Å². The third kappa shape index (κ3) is 3.83. The van der Waals surface area contributed by atoms with Gasteiger partial charge in [0, 0.05) is 6.54 Å². The predicted molar refractivity (Wildman–Crippen MR) is 86.3 cm³/mol. The van der Waals surface area contributed by atoms with Crippen LogP contribution in [0.4, 0.5) is 0 Å². The molecule has 2 rings (SSSR count). The summed E-state index contributed by atoms with van der Waals surface area (Å²) in [5.74, 6) is -0.101. The first-order valence-electron chi connectivity index (χ1n) is 6.74. The number of carbonyl (C=O) groups excluding carboxylic acids is 1. The highest BCUT2D eigenvalue weighted by atomic mass is 35.5. The van der Waals surface area contributed by atoms with Gasteiger partial charge in [-0.2, -0.15) is 5.10 Å². The first kappa shape index (κ1) is 17.2. The van der Waals surface area contributed by atoms with Crippen LogP contribution in [0.1, 0.15) is 28.0 Å². The van der Waals surface area contributed by atoms with Crippen molar-refractivity contribution in [2.45, 2.75) is 20.3 Å². The molecular formula is C15H21ClN4O. The van der Waals surface area contributed by atoms with Gasteiger partial charge in [-0.1, -0.05) is 18.2 Å². The average molecular weight is 309 g/mol. The first-order chi connectivity index (χ1) is 9.65. The largest absolute Gasteiger partial charge is 0.352 e. The second-order valence-corrected chi connectivity index (χ2v) is 4.74. The molecule has 6 heteroatoms. The molecule has 0 aliphatic heterocycles. The van der Waals surface area contributed by atoms with E-state index in [-0.39, 0.29) is 18.3 Å². The van der Waals surface area contributed by atoms with Gasteiger partial charge >= 0.3 is 0 Å². The van der Waals surface area contributed by atoms with Gasteiger partial charge in [0.25, 0.3) is 5.91 Å². The molecule has 0 unspecified atom stereocenters. The Bertz CT molecular complexity index is 609. The van der Waals surface area contributed by atoms with Gasteiger partial charge in [0.1, 0.15) is 0 Å². The maximum absolute atomic E-state index is 12.1. The van der Waals surface area contributed by atoms with Crippen molar-refractivity contribution in [1.82, 2.24) is 15.1 Å². The zero-order valence-electron chi connectivity index (χ0n) is 12.3. The second-order valence-electron chi connectivity index (χ2n) is 4.74. The summed E-state index contributed by atoms with van der Waals surface area (Å²) in [4.78, 5) is 12.1. The van der Waals surface area contributed by atoms with E-state index in [2.05, 4.69) is 10.4 Å². The van der Waals surface area contributed by atoms with Crippen molar-refractivity contribution in [2.24, 2.45) is 5.73 Å². The maximum atomic E-state index is 12.1. The normalized spacial score (nSPS) is 10.0. The zero-order chi connectivity index (χ0) is 14.5. The van der Waals surface area contributed by atoms with Gasteiger partial charge in [-0.05, 0) is 38.4 Å². The molecule has 1 aromatic carbocycles. The zero-order valence-corrected chi connectivity index (χ0v) is 13.1. The molecule has 0 fully saturated rings. The number of hydrogen-bond donors (Lipinski definition) is 2. The van der Waals surface area contributed by atoms with Gasteiger partial charge in [-0.3, -0.25) is 4.79 Å². The number of nitrogens with one attached hydrogen (secondary N) is 1. The highest BCUT2D eigenvalue weighted by molar-refractivity contribution is 5.95. The van der Waals surface area contributed by atoms with Crippen LogP contribution in [-0.2, 0) is 0 Å². The molecule has 1 amide bonds. The fourth-order valence-electron chi connectivity index (χ4n) is 2.08. The lowest BCUT2D eigenvalue weighted by molar-refractivity contribution is 0.0953. The molecule has 0 atom stereocenters. The summed E-state index contributed by atoms with van der Waals surface area (Å²) in [6.45, 7) is 5.08. The number of amides is 1. The number of aryl methyl sites for hydroxylation is 1. The van der Waals surface area contributed by atoms with E-state index in [4.69, 9.17) is 5.73 Å². The Balaban J connectivity index is 0.00000220. The molecule has 5 nitrogen and oxygen atoms in total. The summed E-state index contributed by atoms with van der Waals surface area (Å²) in [6.07, 6.45) is 2.39. The number of rotatable bonds is 5. The third-order valence-corrected chi connectivity index (χ3v) is 3.26. The van der Waals surface area contributed by atoms with E-state index in [1.165, 1.54) is 0 Å². The predicted octanol–water partition coefficient (Wildman–Crippen LogP) is 1.99. The molecular weight excluding hydrogens is 288 g/mol. The van der Waals surface area contributed by atoms with Gasteiger partial charge in [0.05, 0.1) is 23.1 Å². The molecule has 1 aromatic heterocycles. The quantitative estimate of drug-likeness (QED) is 0.830. The van der Waals surface area contributed by atoms with Crippen molar-refractivity contribution in [1.29, 1.82) is 0 Å². The van der Waals surface area contributed by atoms with Crippen LogP contribution in [0.15, 0.2) is 30.5 Å². The highest BCUT2D eigenvalue weighted by Gasteiger charge is 2.15. The molecule has 0 saturated carbocycles. The third-order valence-electron chi connectivity index (χ3n) is 3.26. The Morgan fingerprint density at radius 3 is 2.71 bits per heavy atom. The van der Waals surface area contributed by atoms with Crippen LogP contribution < -0.4 is 11.1 Å². The smallest absolute Gasteiger partial charge is 0.254 e. The SMILES string of the molecule is Cc1ccccc1-n1ncc(C(=O)NCCCN)c1C.Cl. The average Bonchev–Trinajstić information content (AvgIpc) is 2.81. The van der Waals surface area contributed by atoms with E-state index in [1.807, 2.05) is 38.1 Å². The fourth-order valence-corrected chi connectivity index (χ4v) is 2.08. The summed E-state index contributed by atoms with van der Waals surface area (Å²) in [7, 11) is 0. The Morgan fingerprint density at radius 2 is 2.05 bits per heavy atom. The van der Waals surface area contributed by atoms with Crippen LogP contribution in [0.5, 0.6) is 0 Å². The number of carbonyl (C=O) groups is 1. The summed E-state index contributed by atoms with van der Waals surface area (Å²) in [5.41, 5.74) is 8.96. The van der Waals surface area contributed by atoms with E-state index in [0.717, 1.165) is 23.4 Å². The molecule has 0 saturated heterocycles. The van der Waals surface area contributed by atoms with Gasteiger partial charge in [-0.25, -0.2) is 4.68 Å². The first-order valence-corrected chi connectivity index (χ1v) is 6.74. The Labute approximate surface area is 130 Å². The van der Waals surface area contributed by atoms with Crippen LogP contribution in [0.3, 0.4) is 0 Å². The number of aromatic nitrogens is 2. The van der Waals surface area contributed by atoms with E-state index >= 15 is 0 Å². The molecule has 3 N–H and O–H groups in total. The summed E-state index contributed by atoms with van der Waals surface area (Å²) in [5, 5.41) is 7.18. The molecule has 0 spiro atoms. The van der Waals surface area contributed by atoms with Crippen LogP contribution in [0.25, 0.3) is 5.69 Å². The monoisotopic (exact) mass is 308 g/mol. The molecule has 0 bridgehead atoms. The van der Waals surface area contributed by atoms with Gasteiger partial charge < -0.3 is 11.1 Å². The van der Waals surface area contributed by atoms with Crippen molar-refractivity contribution >= 4 is 18.3 Å². The van der Waals surface area contributed by atoms with Gasteiger partial charge in [-0.15, -0.1) is 12.4 Å². The van der Waals surface area contributed by atoms with Gasteiger partial charge in [0.15, 0.2) is 0 Å². The standard InChI is InChI=1S/C15H20N4O.ClH/c1-11-6-3-4-7-14(11)19-12(2)13(10-18-19)15(20)17-9-5-8-16;/h3-4,6-7,10H,5,8-9,16H2,1-2H3,(H,17,20);1H. The number of nitrogens with two attached hydrogens (primary N) is 1. The Kier molecular flexibility index (Phi) is 6.39. The molecule has 21 heavy (non-hydrogen) atoms. The van der Waals surface area contributed by atoms with E-state index in [1.54, 1.807) is 10.9 Å². The van der Waals surface area contributed by atoms with Crippen molar-refractivity contribution in [2.75, 3.05) is 13.1 Å². The van der Waals surface area contributed by atoms with Crippen LogP contribution >= 0.6 is 12.4 Å². The van der Waals surface area contributed by atoms with E-state index in [0.29, 0.717) is 18.7 Å². The molecule has 2 aromatic rings. The molecule has 114 valence electrons. The highest BCUT2D eigenvalue weighted by Crippen LogP contribution is 2.17. The number of benzene rings is 1. The van der Waals surface area contributed by atoms with Crippen LogP contribution in [0, 0.1) is 13.8 Å². The number of para-hydroxylation sites is 1. The Hall–Kier alpha value is -1.85. The van der Waals surface area contributed by atoms with E-state index in [9.17, 15) is 4.79 Å². The lowest BCUT2D eigenvalue weighted by Crippen LogP contribution is -2.26. The molecule has 0 aliphatic rings. The van der Waals surface area contributed by atoms with Crippen LogP contribution in [-0.4, -0.2) is 28.8 Å². The lowest BCUT2D eigenvalue weighted by atomic mass is 10.2. The second kappa shape index (κ2) is 7.81. The molecule has 0 aliphatic carbocycles. The van der Waals surface area contributed by atoms with Crippen molar-refractivity contribution < 1.29 is 4.79 Å². The Morgan fingerprint density at radius 1 is 1.33 bits per heavy atom. The number of halogens is 1. The summed E-state index contributed by atoms with van der Waals surface area (Å²) < 4.78 is 1.80. The minimum Gasteiger partial charge on any atom is -0.352 e.